The van der Waals surface area contributed by atoms with Crippen LogP contribution in [0.15, 0.2) is 12.4 Å². The molecule has 2 N–H and O–H groups in total. The van der Waals surface area contributed by atoms with E-state index >= 15 is 0 Å². The minimum absolute atomic E-state index is 0.0533. The smallest absolute Gasteiger partial charge is 0.234 e. The predicted molar refractivity (Wildman–Crippen MR) is 81.1 cm³/mol. The van der Waals surface area contributed by atoms with Crippen molar-refractivity contribution in [2.24, 2.45) is 0 Å². The van der Waals surface area contributed by atoms with Crippen LogP contribution in [0.4, 0.5) is 0 Å². The Morgan fingerprint density at radius 2 is 2.19 bits per heavy atom. The van der Waals surface area contributed by atoms with Gasteiger partial charge in [0.2, 0.25) is 5.91 Å². The van der Waals surface area contributed by atoms with Gasteiger partial charge in [0.25, 0.3) is 0 Å². The third kappa shape index (κ3) is 4.82. The molecule has 1 saturated heterocycles. The van der Waals surface area contributed by atoms with Crippen molar-refractivity contribution >= 4 is 5.91 Å². The molecular weight excluding hydrogens is 268 g/mol. The van der Waals surface area contributed by atoms with Crippen LogP contribution in [0.3, 0.4) is 0 Å². The van der Waals surface area contributed by atoms with Gasteiger partial charge < -0.3 is 15.4 Å². The molecule has 6 heteroatoms. The molecule has 2 atom stereocenters. The molecule has 1 amide bonds. The number of aromatic nitrogens is 2. The molecule has 0 radical (unpaired) electrons. The first-order valence-corrected chi connectivity index (χ1v) is 7.67. The van der Waals surface area contributed by atoms with Crippen molar-refractivity contribution in [1.82, 2.24) is 20.4 Å². The molecule has 118 valence electrons. The van der Waals surface area contributed by atoms with Gasteiger partial charge in [0, 0.05) is 31.5 Å². The van der Waals surface area contributed by atoms with E-state index in [1.165, 1.54) is 0 Å². The number of carbonyl (C=O) groups excluding carboxylic acids is 1. The van der Waals surface area contributed by atoms with Crippen molar-refractivity contribution in [3.05, 3.63) is 18.0 Å². The largest absolute Gasteiger partial charge is 0.381 e. The van der Waals surface area contributed by atoms with Crippen LogP contribution in [0.25, 0.3) is 0 Å². The van der Waals surface area contributed by atoms with Crippen LogP contribution in [0.2, 0.25) is 0 Å². The van der Waals surface area contributed by atoms with E-state index in [1.807, 2.05) is 24.0 Å². The van der Waals surface area contributed by atoms with E-state index in [0.29, 0.717) is 6.54 Å². The Kier molecular flexibility index (Phi) is 5.76. The molecule has 0 aliphatic carbocycles. The van der Waals surface area contributed by atoms with E-state index < -0.39 is 0 Å². The van der Waals surface area contributed by atoms with Gasteiger partial charge in [-0.05, 0) is 39.2 Å². The van der Waals surface area contributed by atoms with E-state index in [9.17, 15) is 4.79 Å². The summed E-state index contributed by atoms with van der Waals surface area (Å²) in [6.07, 6.45) is 5.68. The van der Waals surface area contributed by atoms with E-state index in [4.69, 9.17) is 4.74 Å². The van der Waals surface area contributed by atoms with Gasteiger partial charge in [-0.1, -0.05) is 0 Å². The van der Waals surface area contributed by atoms with E-state index in [0.717, 1.165) is 31.6 Å². The van der Waals surface area contributed by atoms with Crippen molar-refractivity contribution in [3.8, 4) is 0 Å². The maximum atomic E-state index is 11.9. The summed E-state index contributed by atoms with van der Waals surface area (Å²) in [5.41, 5.74) is 1.14. The highest BCUT2D eigenvalue weighted by Crippen LogP contribution is 2.10. The van der Waals surface area contributed by atoms with E-state index in [-0.39, 0.29) is 24.0 Å². The van der Waals surface area contributed by atoms with E-state index in [1.54, 1.807) is 0 Å². The Labute approximate surface area is 126 Å². The zero-order valence-electron chi connectivity index (χ0n) is 13.1. The third-order valence-corrected chi connectivity index (χ3v) is 4.04. The molecule has 0 unspecified atom stereocenters. The van der Waals surface area contributed by atoms with Crippen molar-refractivity contribution < 1.29 is 9.53 Å². The molecule has 2 rings (SSSR count). The van der Waals surface area contributed by atoms with Crippen LogP contribution in [0.5, 0.6) is 0 Å². The molecule has 1 aromatic heterocycles. The second kappa shape index (κ2) is 7.56. The first kappa shape index (κ1) is 16.0. The number of rotatable bonds is 6. The van der Waals surface area contributed by atoms with Crippen LogP contribution in [0, 0.1) is 6.92 Å². The number of hydrogen-bond donors (Lipinski definition) is 2. The fourth-order valence-electron chi connectivity index (χ4n) is 2.43. The monoisotopic (exact) mass is 294 g/mol. The second-order valence-corrected chi connectivity index (χ2v) is 5.86. The van der Waals surface area contributed by atoms with Crippen LogP contribution >= 0.6 is 0 Å². The number of nitrogens with one attached hydrogen (secondary N) is 2. The SMILES string of the molecule is Cc1cnn([C@@H](C)[C@@H](C)NCC(=O)NC2CCOCC2)c1. The molecular formula is C15H26N4O2. The van der Waals surface area contributed by atoms with Gasteiger partial charge in [-0.25, -0.2) is 0 Å². The molecule has 1 aliphatic heterocycles. The van der Waals surface area contributed by atoms with Crippen LogP contribution in [0.1, 0.15) is 38.3 Å². The average molecular weight is 294 g/mol. The van der Waals surface area contributed by atoms with Crippen LogP contribution in [-0.2, 0) is 9.53 Å². The third-order valence-electron chi connectivity index (χ3n) is 4.04. The highest BCUT2D eigenvalue weighted by atomic mass is 16.5. The fourth-order valence-corrected chi connectivity index (χ4v) is 2.43. The van der Waals surface area contributed by atoms with Gasteiger partial charge in [0.05, 0.1) is 18.8 Å². The summed E-state index contributed by atoms with van der Waals surface area (Å²) in [5, 5.41) is 10.6. The van der Waals surface area contributed by atoms with Gasteiger partial charge in [-0.15, -0.1) is 0 Å². The molecule has 1 aromatic rings. The Balaban J connectivity index is 1.72. The Hall–Kier alpha value is -1.40. The summed E-state index contributed by atoms with van der Waals surface area (Å²) >= 11 is 0. The van der Waals surface area contributed by atoms with Gasteiger partial charge in [-0.3, -0.25) is 9.48 Å². The lowest BCUT2D eigenvalue weighted by atomic mass is 10.1. The number of carbonyl (C=O) groups is 1. The maximum absolute atomic E-state index is 11.9. The summed E-state index contributed by atoms with van der Waals surface area (Å²) in [6.45, 7) is 8.01. The van der Waals surface area contributed by atoms with Crippen LogP contribution in [-0.4, -0.2) is 47.5 Å². The lowest BCUT2D eigenvalue weighted by molar-refractivity contribution is -0.121. The molecule has 1 aliphatic rings. The first-order chi connectivity index (χ1) is 10.1. The highest BCUT2D eigenvalue weighted by Gasteiger charge is 2.18. The summed E-state index contributed by atoms with van der Waals surface area (Å²) in [6, 6.07) is 0.633. The van der Waals surface area contributed by atoms with Crippen molar-refractivity contribution in [3.63, 3.8) is 0 Å². The first-order valence-electron chi connectivity index (χ1n) is 7.67. The minimum Gasteiger partial charge on any atom is -0.381 e. The molecule has 0 aromatic carbocycles. The number of amides is 1. The quantitative estimate of drug-likeness (QED) is 0.822. The molecule has 0 bridgehead atoms. The lowest BCUT2D eigenvalue weighted by Gasteiger charge is -2.25. The van der Waals surface area contributed by atoms with Crippen molar-refractivity contribution in [2.75, 3.05) is 19.8 Å². The van der Waals surface area contributed by atoms with E-state index in [2.05, 4.69) is 29.6 Å². The number of ether oxygens (including phenoxy) is 1. The summed E-state index contributed by atoms with van der Waals surface area (Å²) in [4.78, 5) is 11.9. The Morgan fingerprint density at radius 3 is 2.81 bits per heavy atom. The molecule has 2 heterocycles. The summed E-state index contributed by atoms with van der Waals surface area (Å²) in [5.74, 6) is 0.0533. The molecule has 0 saturated carbocycles. The van der Waals surface area contributed by atoms with Gasteiger partial charge >= 0.3 is 0 Å². The topological polar surface area (TPSA) is 68.2 Å². The molecule has 21 heavy (non-hydrogen) atoms. The maximum Gasteiger partial charge on any atom is 0.234 e. The van der Waals surface area contributed by atoms with Crippen molar-refractivity contribution in [1.29, 1.82) is 0 Å². The number of nitrogens with zero attached hydrogens (tertiary/aromatic N) is 2. The van der Waals surface area contributed by atoms with Gasteiger partial charge in [0.15, 0.2) is 0 Å². The normalized spacial score (nSPS) is 19.2. The average Bonchev–Trinajstić information content (AvgIpc) is 2.91. The number of hydrogen-bond acceptors (Lipinski definition) is 4. The summed E-state index contributed by atoms with van der Waals surface area (Å²) < 4.78 is 7.22. The Morgan fingerprint density at radius 1 is 1.48 bits per heavy atom. The molecule has 0 spiro atoms. The molecule has 1 fully saturated rings. The lowest BCUT2D eigenvalue weighted by Crippen LogP contribution is -2.45. The zero-order chi connectivity index (χ0) is 15.2. The van der Waals surface area contributed by atoms with Gasteiger partial charge in [0.1, 0.15) is 0 Å². The Bertz CT molecular complexity index is 454. The predicted octanol–water partition coefficient (Wildman–Crippen LogP) is 1.03. The minimum atomic E-state index is 0.0533. The standard InChI is InChI=1S/C15H26N4O2/c1-11-8-17-19(10-11)13(3)12(2)16-9-15(20)18-14-4-6-21-7-5-14/h8,10,12-14,16H,4-7,9H2,1-3H3,(H,18,20)/t12-,13+/m1/s1. The second-order valence-electron chi connectivity index (χ2n) is 5.86. The zero-order valence-corrected chi connectivity index (χ0v) is 13.1. The van der Waals surface area contributed by atoms with Crippen molar-refractivity contribution in [2.45, 2.75) is 51.7 Å². The highest BCUT2D eigenvalue weighted by molar-refractivity contribution is 5.78. The molecule has 6 nitrogen and oxygen atoms in total. The summed E-state index contributed by atoms with van der Waals surface area (Å²) in [7, 11) is 0. The van der Waals surface area contributed by atoms with Gasteiger partial charge in [-0.2, -0.15) is 5.10 Å². The van der Waals surface area contributed by atoms with Crippen LogP contribution < -0.4 is 10.6 Å². The fraction of sp³-hybridized carbons (Fsp3) is 0.733. The number of aryl methyl sites for hydroxylation is 1.